The van der Waals surface area contributed by atoms with Crippen LogP contribution in [0.5, 0.6) is 0 Å². The molecule has 0 amide bonds. The molecule has 2 heteroatoms. The summed E-state index contributed by atoms with van der Waals surface area (Å²) >= 11 is 0. The van der Waals surface area contributed by atoms with E-state index in [2.05, 4.69) is 6.58 Å². The molecule has 0 radical (unpaired) electrons. The maximum absolute atomic E-state index is 9.14. The van der Waals surface area contributed by atoms with Gasteiger partial charge in [0.15, 0.2) is 0 Å². The van der Waals surface area contributed by atoms with E-state index in [0.717, 1.165) is 6.08 Å². The standard InChI is InChI=1S/C3H4O2.CH4/c1-2-3(4)5;/h2H,1H2,(H,4,5);1H4/p-1. The molecule has 0 N–H and O–H groups in total. The van der Waals surface area contributed by atoms with E-state index in [1.165, 1.54) is 0 Å². The van der Waals surface area contributed by atoms with Gasteiger partial charge < -0.3 is 9.90 Å². The lowest BCUT2D eigenvalue weighted by Crippen LogP contribution is -2.17. The van der Waals surface area contributed by atoms with Gasteiger partial charge in [-0.3, -0.25) is 0 Å². The summed E-state index contributed by atoms with van der Waals surface area (Å²) in [6, 6.07) is 0. The minimum atomic E-state index is -1.23. The molecule has 0 aliphatic heterocycles. The quantitative estimate of drug-likeness (QED) is 0.407. The van der Waals surface area contributed by atoms with Crippen LogP contribution in [0.15, 0.2) is 12.7 Å². The van der Waals surface area contributed by atoms with E-state index in [9.17, 15) is 0 Å². The number of rotatable bonds is 1. The Bertz CT molecular complexity index is 56.6. The van der Waals surface area contributed by atoms with E-state index in [1.807, 2.05) is 0 Å². The van der Waals surface area contributed by atoms with Crippen molar-refractivity contribution in [3.8, 4) is 0 Å². The van der Waals surface area contributed by atoms with Crippen molar-refractivity contribution in [1.29, 1.82) is 0 Å². The monoisotopic (exact) mass is 87.0 g/mol. The highest BCUT2D eigenvalue weighted by molar-refractivity contribution is 5.76. The van der Waals surface area contributed by atoms with E-state index in [4.69, 9.17) is 9.90 Å². The predicted molar refractivity (Wildman–Crippen MR) is 21.9 cm³/mol. The molecular weight excluding hydrogens is 80.0 g/mol. The topological polar surface area (TPSA) is 40.1 Å². The van der Waals surface area contributed by atoms with Crippen molar-refractivity contribution in [3.05, 3.63) is 12.7 Å². The van der Waals surface area contributed by atoms with Gasteiger partial charge in [0, 0.05) is 0 Å². The predicted octanol–water partition coefficient (Wildman–Crippen LogP) is -0.442. The Hall–Kier alpha value is -0.790. The maximum atomic E-state index is 9.14. The summed E-state index contributed by atoms with van der Waals surface area (Å²) in [6.45, 7) is 2.90. The van der Waals surface area contributed by atoms with Gasteiger partial charge in [0.05, 0.1) is 5.97 Å². The van der Waals surface area contributed by atoms with Crippen molar-refractivity contribution in [3.63, 3.8) is 0 Å². The van der Waals surface area contributed by atoms with Gasteiger partial charge in [-0.2, -0.15) is 0 Å². The van der Waals surface area contributed by atoms with Gasteiger partial charge in [0.2, 0.25) is 0 Å². The Kier molecular flexibility index (Phi) is 6.29. The highest BCUT2D eigenvalue weighted by atomic mass is 16.4. The van der Waals surface area contributed by atoms with Gasteiger partial charge in [-0.05, 0) is 6.08 Å². The van der Waals surface area contributed by atoms with Gasteiger partial charge in [0.1, 0.15) is 0 Å². The summed E-state index contributed by atoms with van der Waals surface area (Å²) in [4.78, 5) is 9.14. The van der Waals surface area contributed by atoms with Crippen molar-refractivity contribution < 1.29 is 9.90 Å². The van der Waals surface area contributed by atoms with E-state index in [-0.39, 0.29) is 7.43 Å². The van der Waals surface area contributed by atoms with Crippen LogP contribution in [0.1, 0.15) is 7.43 Å². The molecule has 0 spiro atoms. The first-order valence-electron chi connectivity index (χ1n) is 1.11. The number of hydrogen-bond donors (Lipinski definition) is 0. The van der Waals surface area contributed by atoms with Gasteiger partial charge >= 0.3 is 0 Å². The van der Waals surface area contributed by atoms with Crippen molar-refractivity contribution in [1.82, 2.24) is 0 Å². The molecule has 0 aromatic carbocycles. The number of carbonyl (C=O) groups excluding carboxylic acids is 1. The molecular formula is C4H7O2-. The third-order valence-electron chi connectivity index (χ3n) is 0.167. The first kappa shape index (κ1) is 8.96. The Morgan fingerprint density at radius 3 is 2.00 bits per heavy atom. The highest BCUT2D eigenvalue weighted by Gasteiger charge is 1.55. The lowest BCUT2D eigenvalue weighted by Gasteiger charge is -1.81. The molecule has 0 unspecified atom stereocenters. The molecule has 0 aromatic heterocycles. The molecule has 0 atom stereocenters. The van der Waals surface area contributed by atoms with Gasteiger partial charge in [-0.1, -0.05) is 14.0 Å². The number of carboxylic acid groups (broad SMARTS) is 1. The second-order valence-corrected chi connectivity index (χ2v) is 0.523. The highest BCUT2D eigenvalue weighted by Crippen LogP contribution is 1.47. The van der Waals surface area contributed by atoms with Crippen molar-refractivity contribution in [2.75, 3.05) is 0 Å². The van der Waals surface area contributed by atoms with E-state index < -0.39 is 5.97 Å². The van der Waals surface area contributed by atoms with Crippen LogP contribution in [0.2, 0.25) is 0 Å². The molecule has 0 heterocycles. The number of aliphatic carboxylic acids is 1. The van der Waals surface area contributed by atoms with Crippen molar-refractivity contribution in [2.45, 2.75) is 7.43 Å². The zero-order valence-electron chi connectivity index (χ0n) is 2.60. The fraction of sp³-hybridized carbons (Fsp3) is 0.250. The lowest BCUT2D eigenvalue weighted by atomic mass is 10.7. The average molecular weight is 87.1 g/mol. The van der Waals surface area contributed by atoms with Gasteiger partial charge in [-0.15, -0.1) is 0 Å². The smallest absolute Gasteiger partial charge is 0.0636 e. The molecule has 0 aromatic rings. The van der Waals surface area contributed by atoms with Gasteiger partial charge in [-0.25, -0.2) is 0 Å². The molecule has 0 saturated heterocycles. The fourth-order valence-electron chi connectivity index (χ4n) is 0. The van der Waals surface area contributed by atoms with Crippen LogP contribution in [0.3, 0.4) is 0 Å². The summed E-state index contributed by atoms with van der Waals surface area (Å²) in [5.41, 5.74) is 0. The Morgan fingerprint density at radius 1 is 1.83 bits per heavy atom. The van der Waals surface area contributed by atoms with Crippen LogP contribution in [-0.2, 0) is 4.79 Å². The van der Waals surface area contributed by atoms with E-state index in [1.54, 1.807) is 0 Å². The molecule has 0 saturated carbocycles. The summed E-state index contributed by atoms with van der Waals surface area (Å²) in [5, 5.41) is 9.14. The molecule has 0 rings (SSSR count). The first-order valence-corrected chi connectivity index (χ1v) is 1.11. The zero-order valence-corrected chi connectivity index (χ0v) is 2.60. The second kappa shape index (κ2) is 4.21. The van der Waals surface area contributed by atoms with E-state index >= 15 is 0 Å². The molecule has 0 bridgehead atoms. The fourth-order valence-corrected chi connectivity index (χ4v) is 0. The average Bonchev–Trinajstić information content (AvgIpc) is 1.38. The van der Waals surface area contributed by atoms with E-state index in [0.29, 0.717) is 0 Å². The molecule has 2 nitrogen and oxygen atoms in total. The van der Waals surface area contributed by atoms with Crippen LogP contribution in [-0.4, -0.2) is 5.97 Å². The zero-order chi connectivity index (χ0) is 4.28. The molecule has 0 fully saturated rings. The SMILES string of the molecule is C.C=CC(=O)[O-]. The maximum Gasteiger partial charge on any atom is 0.0636 e. The second-order valence-electron chi connectivity index (χ2n) is 0.523. The molecule has 36 valence electrons. The van der Waals surface area contributed by atoms with Crippen molar-refractivity contribution >= 4 is 5.97 Å². The van der Waals surface area contributed by atoms with Crippen LogP contribution in [0, 0.1) is 0 Å². The first-order chi connectivity index (χ1) is 2.27. The van der Waals surface area contributed by atoms with Gasteiger partial charge in [0.25, 0.3) is 0 Å². The lowest BCUT2D eigenvalue weighted by molar-refractivity contribution is -0.297. The number of carbonyl (C=O) groups is 1. The summed E-state index contributed by atoms with van der Waals surface area (Å²) in [7, 11) is 0. The Balaban J connectivity index is 0. The number of hydrogen-bond acceptors (Lipinski definition) is 2. The molecule has 0 aliphatic carbocycles. The molecule has 6 heavy (non-hydrogen) atoms. The minimum absolute atomic E-state index is 0. The van der Waals surface area contributed by atoms with Crippen LogP contribution in [0.25, 0.3) is 0 Å². The number of carboxylic acids is 1. The summed E-state index contributed by atoms with van der Waals surface area (Å²) in [6.07, 6.45) is 0.722. The largest absolute Gasteiger partial charge is 0.545 e. The third kappa shape index (κ3) is 10.7. The molecule has 0 aliphatic rings. The normalized spacial score (nSPS) is 5.33. The minimum Gasteiger partial charge on any atom is -0.545 e. The summed E-state index contributed by atoms with van der Waals surface area (Å²) in [5.74, 6) is -1.23. The third-order valence-corrected chi connectivity index (χ3v) is 0.167. The Morgan fingerprint density at radius 2 is 2.00 bits per heavy atom. The van der Waals surface area contributed by atoms with Crippen LogP contribution in [0.4, 0.5) is 0 Å². The van der Waals surface area contributed by atoms with Crippen molar-refractivity contribution in [2.24, 2.45) is 0 Å². The Labute approximate surface area is 37.1 Å². The summed E-state index contributed by atoms with van der Waals surface area (Å²) < 4.78 is 0. The van der Waals surface area contributed by atoms with Crippen LogP contribution >= 0.6 is 0 Å². The van der Waals surface area contributed by atoms with Crippen LogP contribution < -0.4 is 5.11 Å².